The molecule has 7 heteroatoms. The maximum atomic E-state index is 12.9. The minimum Gasteiger partial charge on any atom is -0.507 e. The number of phenols is 1. The molecule has 0 spiro atoms. The van der Waals surface area contributed by atoms with E-state index >= 15 is 0 Å². The van der Waals surface area contributed by atoms with E-state index in [0.717, 1.165) is 0 Å². The van der Waals surface area contributed by atoms with Crippen molar-refractivity contribution in [3.63, 3.8) is 0 Å². The van der Waals surface area contributed by atoms with Gasteiger partial charge in [-0.3, -0.25) is 0 Å². The average molecular weight is 234 g/mol. The van der Waals surface area contributed by atoms with Crippen LogP contribution in [0.25, 0.3) is 0 Å². The molecule has 0 heterocycles. The van der Waals surface area contributed by atoms with Crippen molar-refractivity contribution in [2.24, 2.45) is 5.73 Å². The SMILES string of the molecule is N#Cc1cc([C@@H](N)C(F)(F)F)c(O)cc1F. The van der Waals surface area contributed by atoms with E-state index in [0.29, 0.717) is 12.1 Å². The molecule has 0 radical (unpaired) electrons. The van der Waals surface area contributed by atoms with Crippen molar-refractivity contribution in [1.29, 1.82) is 5.26 Å². The summed E-state index contributed by atoms with van der Waals surface area (Å²) < 4.78 is 49.6. The first-order chi connectivity index (χ1) is 7.27. The Hall–Kier alpha value is -1.81. The van der Waals surface area contributed by atoms with Crippen molar-refractivity contribution < 1.29 is 22.7 Å². The van der Waals surface area contributed by atoms with E-state index < -0.39 is 34.9 Å². The predicted molar refractivity (Wildman–Crippen MR) is 45.8 cm³/mol. The number of nitrogens with two attached hydrogens (primary N) is 1. The molecule has 0 aliphatic heterocycles. The lowest BCUT2D eigenvalue weighted by atomic mass is 10.0. The van der Waals surface area contributed by atoms with Gasteiger partial charge in [-0.15, -0.1) is 0 Å². The van der Waals surface area contributed by atoms with Crippen LogP contribution in [0.3, 0.4) is 0 Å². The molecule has 3 nitrogen and oxygen atoms in total. The Kier molecular flexibility index (Phi) is 3.05. The van der Waals surface area contributed by atoms with Gasteiger partial charge in [0.1, 0.15) is 23.7 Å². The molecule has 0 unspecified atom stereocenters. The molecular formula is C9H6F4N2O. The highest BCUT2D eigenvalue weighted by Crippen LogP contribution is 2.35. The maximum absolute atomic E-state index is 12.9. The number of hydrogen-bond acceptors (Lipinski definition) is 3. The van der Waals surface area contributed by atoms with Gasteiger partial charge in [-0.25, -0.2) is 4.39 Å². The van der Waals surface area contributed by atoms with Crippen molar-refractivity contribution in [3.05, 3.63) is 29.1 Å². The molecule has 86 valence electrons. The molecule has 1 aromatic carbocycles. The molecule has 0 bridgehead atoms. The summed E-state index contributed by atoms with van der Waals surface area (Å²) in [4.78, 5) is 0. The van der Waals surface area contributed by atoms with E-state index in [1.165, 1.54) is 6.07 Å². The largest absolute Gasteiger partial charge is 0.507 e. The summed E-state index contributed by atoms with van der Waals surface area (Å²) in [5.41, 5.74) is 3.49. The fourth-order valence-corrected chi connectivity index (χ4v) is 1.09. The third-order valence-corrected chi connectivity index (χ3v) is 1.92. The summed E-state index contributed by atoms with van der Waals surface area (Å²) in [7, 11) is 0. The number of aromatic hydroxyl groups is 1. The lowest BCUT2D eigenvalue weighted by molar-refractivity contribution is -0.149. The minimum atomic E-state index is -4.78. The van der Waals surface area contributed by atoms with Crippen LogP contribution in [-0.2, 0) is 0 Å². The third-order valence-electron chi connectivity index (χ3n) is 1.92. The summed E-state index contributed by atoms with van der Waals surface area (Å²) in [6.45, 7) is 0. The molecule has 1 rings (SSSR count). The summed E-state index contributed by atoms with van der Waals surface area (Å²) >= 11 is 0. The molecule has 0 fully saturated rings. The Labute approximate surface area is 87.7 Å². The van der Waals surface area contributed by atoms with Gasteiger partial charge in [-0.05, 0) is 6.07 Å². The van der Waals surface area contributed by atoms with E-state index in [1.54, 1.807) is 0 Å². The number of nitriles is 1. The van der Waals surface area contributed by atoms with E-state index in [4.69, 9.17) is 16.1 Å². The number of hydrogen-bond donors (Lipinski definition) is 2. The monoisotopic (exact) mass is 234 g/mol. The molecular weight excluding hydrogens is 228 g/mol. The number of rotatable bonds is 1. The predicted octanol–water partition coefficient (Wildman–Crippen LogP) is 1.97. The number of phenolic OH excluding ortho intramolecular Hbond substituents is 1. The first-order valence-electron chi connectivity index (χ1n) is 4.02. The van der Waals surface area contributed by atoms with Crippen LogP contribution >= 0.6 is 0 Å². The Bertz CT molecular complexity index is 450. The van der Waals surface area contributed by atoms with E-state index in [-0.39, 0.29) is 0 Å². The topological polar surface area (TPSA) is 70.0 Å². The Balaban J connectivity index is 3.31. The van der Waals surface area contributed by atoms with Gasteiger partial charge >= 0.3 is 6.18 Å². The van der Waals surface area contributed by atoms with Gasteiger partial charge < -0.3 is 10.8 Å². The van der Waals surface area contributed by atoms with Crippen molar-refractivity contribution in [3.8, 4) is 11.8 Å². The average Bonchev–Trinajstić information content (AvgIpc) is 2.15. The van der Waals surface area contributed by atoms with Gasteiger partial charge in [0.15, 0.2) is 0 Å². The molecule has 16 heavy (non-hydrogen) atoms. The van der Waals surface area contributed by atoms with Gasteiger partial charge in [0.2, 0.25) is 0 Å². The second-order valence-corrected chi connectivity index (χ2v) is 3.02. The van der Waals surface area contributed by atoms with Crippen LogP contribution < -0.4 is 5.73 Å². The fourth-order valence-electron chi connectivity index (χ4n) is 1.09. The molecule has 3 N–H and O–H groups in total. The van der Waals surface area contributed by atoms with Crippen molar-refractivity contribution in [2.75, 3.05) is 0 Å². The zero-order chi connectivity index (χ0) is 12.5. The lowest BCUT2D eigenvalue weighted by Crippen LogP contribution is -2.28. The van der Waals surface area contributed by atoms with Crippen LogP contribution in [0.1, 0.15) is 17.2 Å². The molecule has 0 aliphatic carbocycles. The molecule has 0 aromatic heterocycles. The molecule has 1 atom stereocenters. The van der Waals surface area contributed by atoms with Crippen LogP contribution in [0.4, 0.5) is 17.6 Å². The second kappa shape index (κ2) is 3.98. The van der Waals surface area contributed by atoms with Crippen molar-refractivity contribution in [2.45, 2.75) is 12.2 Å². The summed E-state index contributed by atoms with van der Waals surface area (Å²) in [5.74, 6) is -2.03. The van der Waals surface area contributed by atoms with Gasteiger partial charge in [0, 0.05) is 11.6 Å². The standard InChI is InChI=1S/C9H6F4N2O/c10-6-2-7(16)5(1-4(6)3-14)8(15)9(11,12)13/h1-2,8,16H,15H2/t8-/m1/s1. The first-order valence-corrected chi connectivity index (χ1v) is 4.02. The van der Waals surface area contributed by atoms with Gasteiger partial charge in [0.25, 0.3) is 0 Å². The highest BCUT2D eigenvalue weighted by molar-refractivity contribution is 5.44. The van der Waals surface area contributed by atoms with Crippen molar-refractivity contribution in [1.82, 2.24) is 0 Å². The number of halogens is 4. The van der Waals surface area contributed by atoms with E-state index in [9.17, 15) is 17.6 Å². The number of benzene rings is 1. The molecule has 0 saturated heterocycles. The highest BCUT2D eigenvalue weighted by Gasteiger charge is 2.39. The summed E-state index contributed by atoms with van der Waals surface area (Å²) in [6, 6.07) is -0.0818. The highest BCUT2D eigenvalue weighted by atomic mass is 19.4. The molecule has 0 amide bonds. The summed E-state index contributed by atoms with van der Waals surface area (Å²) in [6.07, 6.45) is -4.78. The zero-order valence-electron chi connectivity index (χ0n) is 7.72. The van der Waals surface area contributed by atoms with Crippen LogP contribution in [0.15, 0.2) is 12.1 Å². The smallest absolute Gasteiger partial charge is 0.407 e. The normalized spacial score (nSPS) is 13.2. The van der Waals surface area contributed by atoms with Gasteiger partial charge in [-0.1, -0.05) is 0 Å². The Morgan fingerprint density at radius 1 is 1.38 bits per heavy atom. The second-order valence-electron chi connectivity index (χ2n) is 3.02. The summed E-state index contributed by atoms with van der Waals surface area (Å²) in [5, 5.41) is 17.5. The minimum absolute atomic E-state index is 0.430. The van der Waals surface area contributed by atoms with Crippen LogP contribution in [0.5, 0.6) is 5.75 Å². The Morgan fingerprint density at radius 3 is 2.38 bits per heavy atom. The molecule has 1 aromatic rings. The van der Waals surface area contributed by atoms with Crippen molar-refractivity contribution >= 4 is 0 Å². The quantitative estimate of drug-likeness (QED) is 0.729. The molecule has 0 aliphatic rings. The molecule has 0 saturated carbocycles. The fraction of sp³-hybridized carbons (Fsp3) is 0.222. The zero-order valence-corrected chi connectivity index (χ0v) is 7.72. The van der Waals surface area contributed by atoms with E-state index in [1.807, 2.05) is 0 Å². The van der Waals surface area contributed by atoms with Gasteiger partial charge in [0.05, 0.1) is 5.56 Å². The third kappa shape index (κ3) is 2.23. The number of alkyl halides is 3. The maximum Gasteiger partial charge on any atom is 0.407 e. The first kappa shape index (κ1) is 12.3. The lowest BCUT2D eigenvalue weighted by Gasteiger charge is -2.17. The van der Waals surface area contributed by atoms with E-state index in [2.05, 4.69) is 0 Å². The van der Waals surface area contributed by atoms with Crippen LogP contribution in [-0.4, -0.2) is 11.3 Å². The number of nitrogens with zero attached hydrogens (tertiary/aromatic N) is 1. The van der Waals surface area contributed by atoms with Crippen LogP contribution in [0.2, 0.25) is 0 Å². The van der Waals surface area contributed by atoms with Crippen LogP contribution in [0, 0.1) is 17.1 Å². The Morgan fingerprint density at radius 2 is 1.94 bits per heavy atom. The van der Waals surface area contributed by atoms with Gasteiger partial charge in [-0.2, -0.15) is 18.4 Å².